The van der Waals surface area contributed by atoms with Crippen LogP contribution in [0.5, 0.6) is 0 Å². The molecule has 3 aromatic rings. The molecule has 2 aromatic carbocycles. The lowest BCUT2D eigenvalue weighted by Crippen LogP contribution is -2.01. The maximum absolute atomic E-state index is 5.79. The number of fused-ring (bicyclic) bond motifs is 1. The quantitative estimate of drug-likeness (QED) is 0.711. The van der Waals surface area contributed by atoms with Gasteiger partial charge >= 0.3 is 0 Å². The first-order valence-electron chi connectivity index (χ1n) is 6.40. The van der Waals surface area contributed by atoms with Gasteiger partial charge in [0.05, 0.1) is 11.0 Å². The molecule has 0 aliphatic carbocycles. The number of aryl methyl sites for hydroxylation is 2. The normalized spacial score (nSPS) is 11.1. The molecule has 0 unspecified atom stereocenters. The van der Waals surface area contributed by atoms with E-state index in [1.54, 1.807) is 0 Å². The number of benzene rings is 2. The maximum atomic E-state index is 5.79. The Kier molecular flexibility index (Phi) is 2.75. The lowest BCUT2D eigenvalue weighted by atomic mass is 10.0. The van der Waals surface area contributed by atoms with Crippen LogP contribution in [0, 0.1) is 6.92 Å². The summed E-state index contributed by atoms with van der Waals surface area (Å²) in [6.45, 7) is 2.09. The van der Waals surface area contributed by atoms with Gasteiger partial charge < -0.3 is 10.3 Å². The van der Waals surface area contributed by atoms with Gasteiger partial charge in [-0.3, -0.25) is 0 Å². The molecule has 0 amide bonds. The number of rotatable bonds is 2. The summed E-state index contributed by atoms with van der Waals surface area (Å²) in [4.78, 5) is 4.70. The third-order valence-corrected chi connectivity index (χ3v) is 3.59. The van der Waals surface area contributed by atoms with Crippen LogP contribution < -0.4 is 5.73 Å². The van der Waals surface area contributed by atoms with E-state index in [9.17, 15) is 0 Å². The molecule has 2 N–H and O–H groups in total. The molecule has 0 atom stereocenters. The zero-order valence-electron chi connectivity index (χ0n) is 11.2. The fourth-order valence-corrected chi connectivity index (χ4v) is 2.44. The molecule has 0 saturated carbocycles. The van der Waals surface area contributed by atoms with Crippen molar-refractivity contribution in [2.45, 2.75) is 13.3 Å². The van der Waals surface area contributed by atoms with Gasteiger partial charge in [-0.05, 0) is 42.3 Å². The summed E-state index contributed by atoms with van der Waals surface area (Å²) in [5, 5.41) is 0. The summed E-state index contributed by atoms with van der Waals surface area (Å²) in [6.07, 6.45) is 0.831. The van der Waals surface area contributed by atoms with Crippen LogP contribution in [0.15, 0.2) is 42.5 Å². The Labute approximate surface area is 112 Å². The van der Waals surface area contributed by atoms with Gasteiger partial charge in [-0.15, -0.1) is 0 Å². The molecule has 19 heavy (non-hydrogen) atoms. The predicted octanol–water partition coefficient (Wildman–Crippen LogP) is 3.05. The van der Waals surface area contributed by atoms with Crippen LogP contribution >= 0.6 is 0 Å². The average Bonchev–Trinajstić information content (AvgIpc) is 2.70. The van der Waals surface area contributed by atoms with E-state index in [4.69, 9.17) is 10.7 Å². The Morgan fingerprint density at radius 3 is 2.68 bits per heavy atom. The van der Waals surface area contributed by atoms with Crippen molar-refractivity contribution in [2.24, 2.45) is 7.05 Å². The third-order valence-electron chi connectivity index (χ3n) is 3.59. The first-order valence-corrected chi connectivity index (χ1v) is 6.40. The van der Waals surface area contributed by atoms with E-state index in [1.165, 1.54) is 16.6 Å². The van der Waals surface area contributed by atoms with E-state index in [-0.39, 0.29) is 0 Å². The van der Waals surface area contributed by atoms with Crippen molar-refractivity contribution in [3.05, 3.63) is 59.4 Å². The Morgan fingerprint density at radius 1 is 1.16 bits per heavy atom. The molecule has 0 bridgehead atoms. The zero-order chi connectivity index (χ0) is 13.4. The van der Waals surface area contributed by atoms with Crippen molar-refractivity contribution in [3.63, 3.8) is 0 Å². The molecule has 1 aromatic heterocycles. The van der Waals surface area contributed by atoms with Crippen molar-refractivity contribution in [3.8, 4) is 0 Å². The van der Waals surface area contributed by atoms with Crippen LogP contribution in [0.4, 0.5) is 5.69 Å². The monoisotopic (exact) mass is 251 g/mol. The van der Waals surface area contributed by atoms with Crippen molar-refractivity contribution in [1.82, 2.24) is 9.55 Å². The molecular formula is C16H17N3. The largest absolute Gasteiger partial charge is 0.399 e. The second-order valence-electron chi connectivity index (χ2n) is 4.94. The van der Waals surface area contributed by atoms with Gasteiger partial charge in [0.1, 0.15) is 5.82 Å². The number of anilines is 1. The highest BCUT2D eigenvalue weighted by Gasteiger charge is 2.09. The van der Waals surface area contributed by atoms with Crippen molar-refractivity contribution in [1.29, 1.82) is 0 Å². The van der Waals surface area contributed by atoms with E-state index in [2.05, 4.69) is 36.7 Å². The molecule has 0 radical (unpaired) electrons. The fraction of sp³-hybridized carbons (Fsp3) is 0.188. The molecule has 0 saturated heterocycles. The van der Waals surface area contributed by atoms with Gasteiger partial charge in [0.15, 0.2) is 0 Å². The molecule has 1 heterocycles. The summed E-state index contributed by atoms with van der Waals surface area (Å²) in [5.41, 5.74) is 11.3. The molecule has 0 aliphatic rings. The summed E-state index contributed by atoms with van der Waals surface area (Å²) in [5.74, 6) is 1.08. The molecule has 96 valence electrons. The number of hydrogen-bond acceptors (Lipinski definition) is 2. The first-order chi connectivity index (χ1) is 9.15. The van der Waals surface area contributed by atoms with Crippen LogP contribution in [-0.2, 0) is 13.5 Å². The second-order valence-corrected chi connectivity index (χ2v) is 4.94. The SMILES string of the molecule is Cc1cc(N)ccc1Cc1nc2ccccc2n1C. The van der Waals surface area contributed by atoms with Crippen LogP contribution in [-0.4, -0.2) is 9.55 Å². The Balaban J connectivity index is 2.03. The van der Waals surface area contributed by atoms with Gasteiger partial charge in [-0.25, -0.2) is 4.98 Å². The van der Waals surface area contributed by atoms with Crippen molar-refractivity contribution in [2.75, 3.05) is 5.73 Å². The molecule has 3 rings (SSSR count). The molecular weight excluding hydrogens is 234 g/mol. The Morgan fingerprint density at radius 2 is 1.95 bits per heavy atom. The van der Waals surface area contributed by atoms with Crippen LogP contribution in [0.25, 0.3) is 11.0 Å². The highest BCUT2D eigenvalue weighted by Crippen LogP contribution is 2.19. The summed E-state index contributed by atoms with van der Waals surface area (Å²) >= 11 is 0. The fourth-order valence-electron chi connectivity index (χ4n) is 2.44. The van der Waals surface area contributed by atoms with Crippen LogP contribution in [0.3, 0.4) is 0 Å². The zero-order valence-corrected chi connectivity index (χ0v) is 11.2. The van der Waals surface area contributed by atoms with Gasteiger partial charge in [-0.2, -0.15) is 0 Å². The molecule has 0 spiro atoms. The Hall–Kier alpha value is -2.29. The van der Waals surface area contributed by atoms with Crippen molar-refractivity contribution < 1.29 is 0 Å². The lowest BCUT2D eigenvalue weighted by molar-refractivity contribution is 0.842. The van der Waals surface area contributed by atoms with Gasteiger partial charge in [0.2, 0.25) is 0 Å². The third kappa shape index (κ3) is 2.08. The highest BCUT2D eigenvalue weighted by molar-refractivity contribution is 5.75. The standard InChI is InChI=1S/C16H17N3/c1-11-9-13(17)8-7-12(11)10-16-18-14-5-3-4-6-15(14)19(16)2/h3-9H,10,17H2,1-2H3. The number of aromatic nitrogens is 2. The van der Waals surface area contributed by atoms with Crippen LogP contribution in [0.2, 0.25) is 0 Å². The minimum Gasteiger partial charge on any atom is -0.399 e. The van der Waals surface area contributed by atoms with Crippen molar-refractivity contribution >= 4 is 16.7 Å². The highest BCUT2D eigenvalue weighted by atomic mass is 15.1. The van der Waals surface area contributed by atoms with E-state index < -0.39 is 0 Å². The van der Waals surface area contributed by atoms with E-state index >= 15 is 0 Å². The maximum Gasteiger partial charge on any atom is 0.114 e. The number of para-hydroxylation sites is 2. The number of nitrogens with zero attached hydrogens (tertiary/aromatic N) is 2. The minimum atomic E-state index is 0.811. The first kappa shape index (κ1) is 11.8. The molecule has 3 nitrogen and oxygen atoms in total. The average molecular weight is 251 g/mol. The Bertz CT molecular complexity index is 741. The predicted molar refractivity (Wildman–Crippen MR) is 79.1 cm³/mol. The van der Waals surface area contributed by atoms with Gasteiger partial charge in [0, 0.05) is 19.2 Å². The topological polar surface area (TPSA) is 43.8 Å². The van der Waals surface area contributed by atoms with E-state index in [0.717, 1.165) is 23.4 Å². The number of hydrogen-bond donors (Lipinski definition) is 1. The summed E-state index contributed by atoms with van der Waals surface area (Å²) in [6, 6.07) is 14.3. The molecule has 3 heteroatoms. The molecule has 0 aliphatic heterocycles. The lowest BCUT2D eigenvalue weighted by Gasteiger charge is -2.07. The second kappa shape index (κ2) is 4.43. The van der Waals surface area contributed by atoms with Crippen LogP contribution in [0.1, 0.15) is 17.0 Å². The summed E-state index contributed by atoms with van der Waals surface area (Å²) < 4.78 is 2.16. The number of imidazole rings is 1. The minimum absolute atomic E-state index is 0.811. The van der Waals surface area contributed by atoms with Gasteiger partial charge in [-0.1, -0.05) is 18.2 Å². The number of nitrogen functional groups attached to an aromatic ring is 1. The van der Waals surface area contributed by atoms with Gasteiger partial charge in [0.25, 0.3) is 0 Å². The van der Waals surface area contributed by atoms with E-state index in [0.29, 0.717) is 0 Å². The van der Waals surface area contributed by atoms with E-state index in [1.807, 2.05) is 24.3 Å². The molecule has 0 fully saturated rings. The number of nitrogens with two attached hydrogens (primary N) is 1. The smallest absolute Gasteiger partial charge is 0.114 e. The summed E-state index contributed by atoms with van der Waals surface area (Å²) in [7, 11) is 2.07.